The van der Waals surface area contributed by atoms with Crippen LogP contribution in [0.5, 0.6) is 0 Å². The third kappa shape index (κ3) is 2.85. The van der Waals surface area contributed by atoms with Gasteiger partial charge in [-0.1, -0.05) is 12.2 Å². The summed E-state index contributed by atoms with van der Waals surface area (Å²) in [5.41, 5.74) is 5.74. The second-order valence-electron chi connectivity index (χ2n) is 3.56. The molecule has 19 heavy (non-hydrogen) atoms. The summed E-state index contributed by atoms with van der Waals surface area (Å²) in [4.78, 5) is 7.72. The smallest absolute Gasteiger partial charge is 0.265 e. The number of rotatable bonds is 4. The first-order chi connectivity index (χ1) is 8.90. The monoisotopic (exact) mass is 298 g/mol. The van der Waals surface area contributed by atoms with Crippen LogP contribution in [0.4, 0.5) is 5.95 Å². The summed E-state index contributed by atoms with van der Waals surface area (Å²) in [5.74, 6) is 0.110. The Morgan fingerprint density at radius 3 is 2.63 bits per heavy atom. The minimum atomic E-state index is -3.77. The van der Waals surface area contributed by atoms with Gasteiger partial charge in [-0.15, -0.1) is 0 Å². The highest BCUT2D eigenvalue weighted by Gasteiger charge is 2.17. The van der Waals surface area contributed by atoms with Crippen molar-refractivity contribution in [2.75, 3.05) is 4.72 Å². The van der Waals surface area contributed by atoms with Gasteiger partial charge in [-0.2, -0.15) is 10.1 Å². The first kappa shape index (κ1) is 13.4. The normalized spacial score (nSPS) is 11.2. The number of hydrogen-bond acceptors (Lipinski definition) is 6. The van der Waals surface area contributed by atoms with Gasteiger partial charge in [0.2, 0.25) is 5.95 Å². The Balaban J connectivity index is 2.29. The lowest BCUT2D eigenvalue weighted by molar-refractivity contribution is 0.599. The molecule has 0 bridgehead atoms. The van der Waals surface area contributed by atoms with Gasteiger partial charge in [-0.05, 0) is 12.1 Å². The molecular formula is C9H10N6O2S2. The first-order valence-electron chi connectivity index (χ1n) is 5.03. The number of aromatic nitrogens is 4. The van der Waals surface area contributed by atoms with Crippen LogP contribution in [0.1, 0.15) is 5.69 Å². The summed E-state index contributed by atoms with van der Waals surface area (Å²) < 4.78 is 27.7. The zero-order valence-corrected chi connectivity index (χ0v) is 11.4. The van der Waals surface area contributed by atoms with Gasteiger partial charge >= 0.3 is 0 Å². The van der Waals surface area contributed by atoms with Gasteiger partial charge in [0.1, 0.15) is 16.2 Å². The number of nitrogens with two attached hydrogens (primary N) is 1. The molecule has 2 aromatic rings. The summed E-state index contributed by atoms with van der Waals surface area (Å²) in [6.07, 6.45) is 2.42. The molecule has 10 heteroatoms. The summed E-state index contributed by atoms with van der Waals surface area (Å²) in [6.45, 7) is 0. The van der Waals surface area contributed by atoms with Crippen LogP contribution in [-0.2, 0) is 17.1 Å². The predicted molar refractivity (Wildman–Crippen MR) is 71.9 cm³/mol. The molecule has 0 amide bonds. The summed E-state index contributed by atoms with van der Waals surface area (Å²) in [5, 5.41) is 3.76. The molecule has 0 unspecified atom stereocenters. The minimum Gasteiger partial charge on any atom is -0.388 e. The van der Waals surface area contributed by atoms with Crippen LogP contribution in [0.2, 0.25) is 0 Å². The van der Waals surface area contributed by atoms with Crippen LogP contribution in [0.15, 0.2) is 29.6 Å². The molecule has 0 saturated heterocycles. The molecule has 0 aliphatic carbocycles. The molecular weight excluding hydrogens is 288 g/mol. The molecule has 0 aromatic carbocycles. The Bertz CT molecular complexity index is 707. The molecule has 0 saturated carbocycles. The number of aryl methyl sites for hydroxylation is 1. The first-order valence-corrected chi connectivity index (χ1v) is 6.92. The van der Waals surface area contributed by atoms with Gasteiger partial charge in [-0.3, -0.25) is 4.98 Å². The average Bonchev–Trinajstić information content (AvgIpc) is 2.74. The third-order valence-corrected chi connectivity index (χ3v) is 3.76. The van der Waals surface area contributed by atoms with Crippen molar-refractivity contribution in [3.63, 3.8) is 0 Å². The van der Waals surface area contributed by atoms with Gasteiger partial charge in [0.25, 0.3) is 10.0 Å². The van der Waals surface area contributed by atoms with Crippen molar-refractivity contribution in [2.24, 2.45) is 12.8 Å². The van der Waals surface area contributed by atoms with Crippen LogP contribution in [0.3, 0.4) is 0 Å². The average molecular weight is 298 g/mol. The van der Waals surface area contributed by atoms with Crippen molar-refractivity contribution >= 4 is 33.2 Å². The van der Waals surface area contributed by atoms with E-state index in [4.69, 9.17) is 18.0 Å². The second-order valence-corrected chi connectivity index (χ2v) is 5.68. The van der Waals surface area contributed by atoms with E-state index in [0.29, 0.717) is 5.69 Å². The number of nitrogens with one attached hydrogen (secondary N) is 1. The molecule has 8 nitrogen and oxygen atoms in total. The number of pyridine rings is 1. The lowest BCUT2D eigenvalue weighted by atomic mass is 10.3. The molecule has 2 heterocycles. The Morgan fingerprint density at radius 2 is 2.16 bits per heavy atom. The number of sulfonamides is 1. The molecule has 2 rings (SSSR count). The Labute approximate surface area is 114 Å². The van der Waals surface area contributed by atoms with Crippen LogP contribution in [0.25, 0.3) is 0 Å². The van der Waals surface area contributed by atoms with E-state index in [9.17, 15) is 8.42 Å². The second kappa shape index (κ2) is 4.90. The third-order valence-electron chi connectivity index (χ3n) is 2.24. The fourth-order valence-electron chi connectivity index (χ4n) is 1.25. The van der Waals surface area contributed by atoms with Gasteiger partial charge in [0.15, 0.2) is 0 Å². The Morgan fingerprint density at radius 1 is 1.42 bits per heavy atom. The standard InChI is InChI=1S/C9H10N6O2S2/c1-15-9(12-5-13-15)14-19(16,17)6-2-3-7(8(10)18)11-4-6/h2-5H,1H3,(H2,10,18)(H,12,13,14). The minimum absolute atomic E-state index is 0.0181. The number of anilines is 1. The molecule has 0 aliphatic heterocycles. The number of hydrogen-bond donors (Lipinski definition) is 2. The van der Waals surface area contributed by atoms with Gasteiger partial charge in [-0.25, -0.2) is 17.8 Å². The topological polar surface area (TPSA) is 116 Å². The van der Waals surface area contributed by atoms with Crippen LogP contribution >= 0.6 is 12.2 Å². The highest BCUT2D eigenvalue weighted by Crippen LogP contribution is 2.12. The van der Waals surface area contributed by atoms with E-state index in [0.717, 1.165) is 0 Å². The molecule has 0 radical (unpaired) electrons. The maximum Gasteiger partial charge on any atom is 0.265 e. The highest BCUT2D eigenvalue weighted by atomic mass is 32.2. The van der Waals surface area contributed by atoms with E-state index in [1.165, 1.54) is 29.3 Å². The fraction of sp³-hybridized carbons (Fsp3) is 0.111. The van der Waals surface area contributed by atoms with Crippen molar-refractivity contribution < 1.29 is 8.42 Å². The summed E-state index contributed by atoms with van der Waals surface area (Å²) in [7, 11) is -2.20. The van der Waals surface area contributed by atoms with E-state index < -0.39 is 10.0 Å². The van der Waals surface area contributed by atoms with Crippen LogP contribution in [0, 0.1) is 0 Å². The van der Waals surface area contributed by atoms with Crippen molar-refractivity contribution in [3.05, 3.63) is 30.4 Å². The van der Waals surface area contributed by atoms with Crippen molar-refractivity contribution in [2.45, 2.75) is 4.90 Å². The van der Waals surface area contributed by atoms with E-state index in [-0.39, 0.29) is 15.8 Å². The largest absolute Gasteiger partial charge is 0.388 e. The van der Waals surface area contributed by atoms with Crippen LogP contribution in [-0.4, -0.2) is 33.2 Å². The zero-order valence-electron chi connectivity index (χ0n) is 9.81. The maximum absolute atomic E-state index is 12.0. The number of thiocarbonyl (C=S) groups is 1. The molecule has 0 spiro atoms. The Hall–Kier alpha value is -2.07. The van der Waals surface area contributed by atoms with Crippen LogP contribution < -0.4 is 10.5 Å². The van der Waals surface area contributed by atoms with Gasteiger partial charge < -0.3 is 5.73 Å². The molecule has 0 atom stereocenters. The fourth-order valence-corrected chi connectivity index (χ4v) is 2.36. The lowest BCUT2D eigenvalue weighted by Crippen LogP contribution is -2.17. The maximum atomic E-state index is 12.0. The molecule has 2 aromatic heterocycles. The van der Waals surface area contributed by atoms with E-state index in [2.05, 4.69) is 19.8 Å². The zero-order chi connectivity index (χ0) is 14.0. The predicted octanol–water partition coefficient (Wildman–Crippen LogP) is -0.355. The van der Waals surface area contributed by atoms with Crippen molar-refractivity contribution in [1.82, 2.24) is 19.7 Å². The molecule has 100 valence electrons. The van der Waals surface area contributed by atoms with Gasteiger partial charge in [0, 0.05) is 13.2 Å². The van der Waals surface area contributed by atoms with E-state index >= 15 is 0 Å². The van der Waals surface area contributed by atoms with Gasteiger partial charge in [0.05, 0.1) is 5.69 Å². The lowest BCUT2D eigenvalue weighted by Gasteiger charge is -2.06. The molecule has 3 N–H and O–H groups in total. The quantitative estimate of drug-likeness (QED) is 0.741. The SMILES string of the molecule is Cn1ncnc1NS(=O)(=O)c1ccc(C(N)=S)nc1. The summed E-state index contributed by atoms with van der Waals surface area (Å²) in [6, 6.07) is 2.80. The summed E-state index contributed by atoms with van der Waals surface area (Å²) >= 11 is 4.74. The van der Waals surface area contributed by atoms with E-state index in [1.807, 2.05) is 0 Å². The Kier molecular flexibility index (Phi) is 3.44. The molecule has 0 aliphatic rings. The number of nitrogens with zero attached hydrogens (tertiary/aromatic N) is 4. The highest BCUT2D eigenvalue weighted by molar-refractivity contribution is 7.92. The van der Waals surface area contributed by atoms with E-state index in [1.54, 1.807) is 7.05 Å². The van der Waals surface area contributed by atoms with Crippen molar-refractivity contribution in [1.29, 1.82) is 0 Å². The van der Waals surface area contributed by atoms with Crippen molar-refractivity contribution in [3.8, 4) is 0 Å². The molecule has 0 fully saturated rings.